The molecule has 0 radical (unpaired) electrons. The Balaban J connectivity index is 1.55. The highest BCUT2D eigenvalue weighted by Gasteiger charge is 2.16. The van der Waals surface area contributed by atoms with Gasteiger partial charge >= 0.3 is 0 Å². The van der Waals surface area contributed by atoms with Crippen molar-refractivity contribution in [1.29, 1.82) is 0 Å². The standard InChI is InChI=1S/C18H23N3O2/c1-13-7-9-21(10-8-13)17-5-3-15(4-6-17)19-18(22)12-16-11-14(2)23-20-16/h3-6,11,13H,7-10,12H2,1-2H3,(H,19,22). The summed E-state index contributed by atoms with van der Waals surface area (Å²) in [5, 5.41) is 6.73. The minimum Gasteiger partial charge on any atom is -0.372 e. The molecule has 1 saturated heterocycles. The highest BCUT2D eigenvalue weighted by atomic mass is 16.5. The SMILES string of the molecule is Cc1cc(CC(=O)Nc2ccc(N3CCC(C)CC3)cc2)no1. The van der Waals surface area contributed by atoms with Gasteiger partial charge in [-0.2, -0.15) is 0 Å². The number of benzene rings is 1. The predicted octanol–water partition coefficient (Wildman–Crippen LogP) is 3.40. The van der Waals surface area contributed by atoms with Crippen LogP contribution in [0.3, 0.4) is 0 Å². The third-order valence-electron chi connectivity index (χ3n) is 4.32. The van der Waals surface area contributed by atoms with Gasteiger partial charge in [0.05, 0.1) is 12.1 Å². The fraction of sp³-hybridized carbons (Fsp3) is 0.444. The van der Waals surface area contributed by atoms with Crippen LogP contribution in [-0.2, 0) is 11.2 Å². The van der Waals surface area contributed by atoms with Crippen LogP contribution in [0.15, 0.2) is 34.9 Å². The summed E-state index contributed by atoms with van der Waals surface area (Å²) in [5.41, 5.74) is 2.69. The predicted molar refractivity (Wildman–Crippen MR) is 90.6 cm³/mol. The number of amides is 1. The lowest BCUT2D eigenvalue weighted by atomic mass is 9.99. The summed E-state index contributed by atoms with van der Waals surface area (Å²) in [7, 11) is 0. The van der Waals surface area contributed by atoms with E-state index in [0.29, 0.717) is 11.5 Å². The van der Waals surface area contributed by atoms with Gasteiger partial charge in [-0.3, -0.25) is 4.79 Å². The van der Waals surface area contributed by atoms with E-state index < -0.39 is 0 Å². The minimum absolute atomic E-state index is 0.0853. The van der Waals surface area contributed by atoms with Crippen molar-refractivity contribution in [3.05, 3.63) is 41.8 Å². The Bertz CT molecular complexity index is 655. The molecule has 1 aromatic heterocycles. The number of aryl methyl sites for hydroxylation is 1. The van der Waals surface area contributed by atoms with Gasteiger partial charge in [0, 0.05) is 30.5 Å². The van der Waals surface area contributed by atoms with Crippen molar-refractivity contribution >= 4 is 17.3 Å². The monoisotopic (exact) mass is 313 g/mol. The van der Waals surface area contributed by atoms with E-state index in [1.165, 1.54) is 18.5 Å². The molecule has 2 heterocycles. The van der Waals surface area contributed by atoms with Crippen molar-refractivity contribution in [3.8, 4) is 0 Å². The molecule has 0 unspecified atom stereocenters. The average Bonchev–Trinajstić information content (AvgIpc) is 2.94. The van der Waals surface area contributed by atoms with Gasteiger partial charge in [0.2, 0.25) is 5.91 Å². The molecule has 0 atom stereocenters. The summed E-state index contributed by atoms with van der Waals surface area (Å²) >= 11 is 0. The molecule has 1 amide bonds. The van der Waals surface area contributed by atoms with Gasteiger partial charge in [-0.05, 0) is 49.9 Å². The van der Waals surface area contributed by atoms with E-state index in [9.17, 15) is 4.79 Å². The molecule has 2 aromatic rings. The van der Waals surface area contributed by atoms with Crippen LogP contribution in [-0.4, -0.2) is 24.2 Å². The maximum atomic E-state index is 12.0. The number of carbonyl (C=O) groups excluding carboxylic acids is 1. The molecule has 5 heteroatoms. The minimum atomic E-state index is -0.0853. The van der Waals surface area contributed by atoms with Gasteiger partial charge in [0.15, 0.2) is 0 Å². The summed E-state index contributed by atoms with van der Waals surface area (Å²) < 4.78 is 4.97. The van der Waals surface area contributed by atoms with Crippen LogP contribution in [0, 0.1) is 12.8 Å². The van der Waals surface area contributed by atoms with Crippen LogP contribution in [0.4, 0.5) is 11.4 Å². The molecular formula is C18H23N3O2. The first-order valence-corrected chi connectivity index (χ1v) is 8.17. The van der Waals surface area contributed by atoms with Crippen molar-refractivity contribution < 1.29 is 9.32 Å². The number of aromatic nitrogens is 1. The second-order valence-corrected chi connectivity index (χ2v) is 6.37. The third-order valence-corrected chi connectivity index (χ3v) is 4.32. The second-order valence-electron chi connectivity index (χ2n) is 6.37. The average molecular weight is 313 g/mol. The Morgan fingerprint density at radius 2 is 2.00 bits per heavy atom. The van der Waals surface area contributed by atoms with Crippen LogP contribution in [0.1, 0.15) is 31.2 Å². The summed E-state index contributed by atoms with van der Waals surface area (Å²) in [6.07, 6.45) is 2.72. The quantitative estimate of drug-likeness (QED) is 0.940. The lowest BCUT2D eigenvalue weighted by molar-refractivity contribution is -0.115. The largest absolute Gasteiger partial charge is 0.372 e. The number of hydrogen-bond acceptors (Lipinski definition) is 4. The number of nitrogens with one attached hydrogen (secondary N) is 1. The number of hydrogen-bond donors (Lipinski definition) is 1. The number of rotatable bonds is 4. The summed E-state index contributed by atoms with van der Waals surface area (Å²) in [5.74, 6) is 1.45. The van der Waals surface area contributed by atoms with Gasteiger partial charge in [0.25, 0.3) is 0 Å². The van der Waals surface area contributed by atoms with E-state index in [-0.39, 0.29) is 12.3 Å². The zero-order valence-electron chi connectivity index (χ0n) is 13.7. The van der Waals surface area contributed by atoms with Crippen molar-refractivity contribution in [3.63, 3.8) is 0 Å². The van der Waals surface area contributed by atoms with Crippen LogP contribution >= 0.6 is 0 Å². The van der Waals surface area contributed by atoms with Crippen molar-refractivity contribution in [2.45, 2.75) is 33.1 Å². The molecule has 1 fully saturated rings. The highest BCUT2D eigenvalue weighted by molar-refractivity contribution is 5.92. The fourth-order valence-electron chi connectivity index (χ4n) is 2.89. The van der Waals surface area contributed by atoms with Gasteiger partial charge in [-0.1, -0.05) is 12.1 Å². The first-order valence-electron chi connectivity index (χ1n) is 8.17. The second kappa shape index (κ2) is 6.86. The van der Waals surface area contributed by atoms with E-state index in [1.54, 1.807) is 6.07 Å². The van der Waals surface area contributed by atoms with Crippen LogP contribution in [0.5, 0.6) is 0 Å². The molecule has 3 rings (SSSR count). The van der Waals surface area contributed by atoms with E-state index in [1.807, 2.05) is 19.1 Å². The maximum absolute atomic E-state index is 12.0. The van der Waals surface area contributed by atoms with Crippen molar-refractivity contribution in [2.75, 3.05) is 23.3 Å². The molecule has 23 heavy (non-hydrogen) atoms. The smallest absolute Gasteiger partial charge is 0.230 e. The molecule has 0 spiro atoms. The van der Waals surface area contributed by atoms with Gasteiger partial charge in [-0.15, -0.1) is 0 Å². The Labute approximate surface area is 136 Å². The van der Waals surface area contributed by atoms with Crippen LogP contribution in [0.2, 0.25) is 0 Å². The van der Waals surface area contributed by atoms with E-state index in [0.717, 1.165) is 24.7 Å². The first kappa shape index (κ1) is 15.6. The third kappa shape index (κ3) is 4.12. The van der Waals surface area contributed by atoms with Crippen LogP contribution < -0.4 is 10.2 Å². The van der Waals surface area contributed by atoms with Crippen molar-refractivity contribution in [2.24, 2.45) is 5.92 Å². The van der Waals surface area contributed by atoms with E-state index in [4.69, 9.17) is 4.52 Å². The Hall–Kier alpha value is -2.30. The molecule has 122 valence electrons. The van der Waals surface area contributed by atoms with Gasteiger partial charge in [-0.25, -0.2) is 0 Å². The number of nitrogens with zero attached hydrogens (tertiary/aromatic N) is 2. The Morgan fingerprint density at radius 3 is 2.61 bits per heavy atom. The summed E-state index contributed by atoms with van der Waals surface area (Å²) in [6.45, 7) is 6.34. The Kier molecular flexibility index (Phi) is 4.65. The van der Waals surface area contributed by atoms with Crippen LogP contribution in [0.25, 0.3) is 0 Å². The topological polar surface area (TPSA) is 58.4 Å². The molecule has 0 bridgehead atoms. The molecule has 0 saturated carbocycles. The molecular weight excluding hydrogens is 290 g/mol. The number of carbonyl (C=O) groups is 1. The summed E-state index contributed by atoms with van der Waals surface area (Å²) in [6, 6.07) is 9.84. The lowest BCUT2D eigenvalue weighted by Crippen LogP contribution is -2.32. The molecule has 1 aliphatic rings. The normalized spacial score (nSPS) is 15.7. The zero-order chi connectivity index (χ0) is 16.2. The zero-order valence-corrected chi connectivity index (χ0v) is 13.7. The van der Waals surface area contributed by atoms with Gasteiger partial charge in [0.1, 0.15) is 5.76 Å². The first-order chi connectivity index (χ1) is 11.1. The van der Waals surface area contributed by atoms with Gasteiger partial charge < -0.3 is 14.7 Å². The molecule has 5 nitrogen and oxygen atoms in total. The van der Waals surface area contributed by atoms with Crippen molar-refractivity contribution in [1.82, 2.24) is 5.16 Å². The Morgan fingerprint density at radius 1 is 1.30 bits per heavy atom. The summed E-state index contributed by atoms with van der Waals surface area (Å²) in [4.78, 5) is 14.4. The molecule has 1 aliphatic heterocycles. The maximum Gasteiger partial charge on any atom is 0.230 e. The molecule has 0 aliphatic carbocycles. The molecule has 1 N–H and O–H groups in total. The number of anilines is 2. The fourth-order valence-corrected chi connectivity index (χ4v) is 2.89. The molecule has 1 aromatic carbocycles. The number of piperidine rings is 1. The van der Waals surface area contributed by atoms with E-state index in [2.05, 4.69) is 34.4 Å². The highest BCUT2D eigenvalue weighted by Crippen LogP contribution is 2.24. The van der Waals surface area contributed by atoms with E-state index >= 15 is 0 Å². The lowest BCUT2D eigenvalue weighted by Gasteiger charge is -2.32.